The van der Waals surface area contributed by atoms with Crippen LogP contribution >= 0.6 is 22.7 Å². The second kappa shape index (κ2) is 6.87. The van der Waals surface area contributed by atoms with E-state index in [1.54, 1.807) is 29.7 Å². The minimum atomic E-state index is 0.165. The molecule has 0 fully saturated rings. The molecule has 124 valence electrons. The first-order valence-corrected chi connectivity index (χ1v) is 9.57. The largest absolute Gasteiger partial charge is 0.261 e. The van der Waals surface area contributed by atoms with Gasteiger partial charge in [0.25, 0.3) is 0 Å². The van der Waals surface area contributed by atoms with Crippen molar-refractivity contribution in [1.82, 2.24) is 4.68 Å². The molecule has 0 spiro atoms. The first-order valence-electron chi connectivity index (χ1n) is 7.81. The first-order chi connectivity index (χ1) is 11.5. The Balaban J connectivity index is 1.94. The summed E-state index contributed by atoms with van der Waals surface area (Å²) in [6.07, 6.45) is 1.89. The van der Waals surface area contributed by atoms with E-state index in [4.69, 9.17) is 0 Å². The van der Waals surface area contributed by atoms with Crippen LogP contribution in [0, 0.1) is 0 Å². The van der Waals surface area contributed by atoms with Crippen molar-refractivity contribution in [2.45, 2.75) is 26.2 Å². The molecule has 3 nitrogen and oxygen atoms in total. The van der Waals surface area contributed by atoms with Crippen LogP contribution < -0.4 is 4.80 Å². The second-order valence-corrected chi connectivity index (χ2v) is 8.32. The molecule has 2 heterocycles. The number of thiazole rings is 1. The third-order valence-electron chi connectivity index (χ3n) is 3.75. The van der Waals surface area contributed by atoms with Gasteiger partial charge in [-0.2, -0.15) is 5.10 Å². The van der Waals surface area contributed by atoms with Gasteiger partial charge in [0.05, 0.1) is 16.8 Å². The summed E-state index contributed by atoms with van der Waals surface area (Å²) in [5.74, 6) is 0. The smallest absolute Gasteiger partial charge is 0.205 e. The van der Waals surface area contributed by atoms with E-state index in [-0.39, 0.29) is 5.41 Å². The number of nitrogens with zero attached hydrogens (tertiary/aromatic N) is 3. The van der Waals surface area contributed by atoms with E-state index >= 15 is 0 Å². The van der Waals surface area contributed by atoms with E-state index < -0.39 is 0 Å². The fourth-order valence-corrected chi connectivity index (χ4v) is 3.95. The van der Waals surface area contributed by atoms with Crippen LogP contribution in [0.5, 0.6) is 0 Å². The van der Waals surface area contributed by atoms with Crippen molar-refractivity contribution in [3.8, 4) is 10.6 Å². The van der Waals surface area contributed by atoms with Gasteiger partial charge in [0, 0.05) is 12.4 Å². The van der Waals surface area contributed by atoms with E-state index in [1.807, 2.05) is 10.9 Å². The van der Waals surface area contributed by atoms with Crippen LogP contribution in [-0.4, -0.2) is 17.9 Å². The van der Waals surface area contributed by atoms with Gasteiger partial charge in [0.1, 0.15) is 0 Å². The molecule has 0 amide bonds. The highest BCUT2D eigenvalue weighted by atomic mass is 32.1. The lowest BCUT2D eigenvalue weighted by atomic mass is 9.87. The number of rotatable bonds is 3. The summed E-state index contributed by atoms with van der Waals surface area (Å²) in [5, 5.41) is 8.85. The normalized spacial score (nSPS) is 13.1. The zero-order valence-corrected chi connectivity index (χ0v) is 16.0. The van der Waals surface area contributed by atoms with Gasteiger partial charge >= 0.3 is 0 Å². The number of hydrogen-bond donors (Lipinski definition) is 0. The van der Waals surface area contributed by atoms with Crippen molar-refractivity contribution in [1.29, 1.82) is 0 Å². The Labute approximate surface area is 150 Å². The van der Waals surface area contributed by atoms with Crippen molar-refractivity contribution >= 4 is 28.9 Å². The van der Waals surface area contributed by atoms with Crippen molar-refractivity contribution in [3.63, 3.8) is 0 Å². The Hall–Kier alpha value is -1.98. The van der Waals surface area contributed by atoms with Gasteiger partial charge in [-0.05, 0) is 28.0 Å². The van der Waals surface area contributed by atoms with E-state index in [1.165, 1.54) is 10.4 Å². The van der Waals surface area contributed by atoms with Crippen LogP contribution in [0.15, 0.2) is 57.3 Å². The summed E-state index contributed by atoms with van der Waals surface area (Å²) in [6.45, 7) is 6.67. The maximum absolute atomic E-state index is 4.67. The summed E-state index contributed by atoms with van der Waals surface area (Å²) < 4.78 is 1.91. The third kappa shape index (κ3) is 3.57. The average molecular weight is 356 g/mol. The molecule has 0 saturated heterocycles. The maximum atomic E-state index is 4.67. The molecule has 0 aliphatic carbocycles. The fraction of sp³-hybridized carbons (Fsp3) is 0.263. The monoisotopic (exact) mass is 355 g/mol. The quantitative estimate of drug-likeness (QED) is 0.593. The molecule has 0 aliphatic rings. The van der Waals surface area contributed by atoms with Crippen LogP contribution in [0.4, 0.5) is 0 Å². The number of benzene rings is 1. The Morgan fingerprint density at radius 1 is 1.04 bits per heavy atom. The molecule has 3 rings (SSSR count). The number of hydrogen-bond acceptors (Lipinski definition) is 4. The van der Waals surface area contributed by atoms with Crippen LogP contribution in [0.25, 0.3) is 10.6 Å². The second-order valence-electron chi connectivity index (χ2n) is 6.53. The van der Waals surface area contributed by atoms with E-state index in [9.17, 15) is 0 Å². The van der Waals surface area contributed by atoms with E-state index in [0.717, 1.165) is 16.1 Å². The molecule has 24 heavy (non-hydrogen) atoms. The third-order valence-corrected chi connectivity index (χ3v) is 5.55. The Kier molecular flexibility index (Phi) is 4.83. The molecule has 0 saturated carbocycles. The first kappa shape index (κ1) is 16.9. The highest BCUT2D eigenvalue weighted by molar-refractivity contribution is 7.14. The molecule has 2 aromatic heterocycles. The molecular weight excluding hydrogens is 334 g/mol. The SMILES string of the molecule is CN=c1scc(-c2cccs2)n1N=Cc1ccc(C(C)(C)C)cc1. The van der Waals surface area contributed by atoms with Gasteiger partial charge in [-0.3, -0.25) is 4.99 Å². The zero-order chi connectivity index (χ0) is 17.2. The van der Waals surface area contributed by atoms with Gasteiger partial charge in [-0.25, -0.2) is 4.68 Å². The molecule has 0 bridgehead atoms. The van der Waals surface area contributed by atoms with E-state index in [2.05, 4.69) is 78.0 Å². The summed E-state index contributed by atoms with van der Waals surface area (Å²) in [6, 6.07) is 12.7. The van der Waals surface area contributed by atoms with Crippen molar-refractivity contribution in [2.75, 3.05) is 7.05 Å². The van der Waals surface area contributed by atoms with E-state index in [0.29, 0.717) is 0 Å². The summed E-state index contributed by atoms with van der Waals surface area (Å²) in [4.78, 5) is 6.42. The van der Waals surface area contributed by atoms with Gasteiger partial charge < -0.3 is 0 Å². The lowest BCUT2D eigenvalue weighted by Crippen LogP contribution is -2.12. The molecule has 0 atom stereocenters. The van der Waals surface area contributed by atoms with Crippen LogP contribution in [0.2, 0.25) is 0 Å². The van der Waals surface area contributed by atoms with Crippen LogP contribution in [0.1, 0.15) is 31.9 Å². The Bertz CT molecular complexity index is 889. The minimum absolute atomic E-state index is 0.165. The highest BCUT2D eigenvalue weighted by Crippen LogP contribution is 2.25. The highest BCUT2D eigenvalue weighted by Gasteiger charge is 2.12. The molecule has 1 aromatic carbocycles. The summed E-state index contributed by atoms with van der Waals surface area (Å²) >= 11 is 3.32. The number of thiophene rings is 1. The number of aromatic nitrogens is 1. The molecule has 3 aromatic rings. The molecule has 0 radical (unpaired) electrons. The van der Waals surface area contributed by atoms with Gasteiger partial charge in [-0.15, -0.1) is 22.7 Å². The van der Waals surface area contributed by atoms with Crippen molar-refractivity contribution < 1.29 is 0 Å². The fourth-order valence-electron chi connectivity index (χ4n) is 2.35. The summed E-state index contributed by atoms with van der Waals surface area (Å²) in [7, 11) is 1.80. The molecule has 5 heteroatoms. The summed E-state index contributed by atoms with van der Waals surface area (Å²) in [5.41, 5.74) is 3.66. The molecule has 0 N–H and O–H groups in total. The predicted octanol–water partition coefficient (Wildman–Crippen LogP) is 4.99. The molecule has 0 unspecified atom stereocenters. The Morgan fingerprint density at radius 2 is 1.79 bits per heavy atom. The standard InChI is InChI=1S/C19H21N3S2/c1-19(2,3)15-9-7-14(8-10-15)12-21-22-16(13-24-18(22)20-4)17-6-5-11-23-17/h5-13H,1-4H3. The van der Waals surface area contributed by atoms with Crippen molar-refractivity contribution in [2.24, 2.45) is 10.1 Å². The van der Waals surface area contributed by atoms with Crippen LogP contribution in [-0.2, 0) is 5.41 Å². The molecular formula is C19H21N3S2. The van der Waals surface area contributed by atoms with Crippen molar-refractivity contribution in [3.05, 3.63) is 63.1 Å². The minimum Gasteiger partial charge on any atom is -0.261 e. The average Bonchev–Trinajstić information content (AvgIpc) is 3.21. The predicted molar refractivity (Wildman–Crippen MR) is 105 cm³/mol. The Morgan fingerprint density at radius 3 is 2.38 bits per heavy atom. The zero-order valence-electron chi connectivity index (χ0n) is 14.4. The van der Waals surface area contributed by atoms with Gasteiger partial charge in [0.15, 0.2) is 0 Å². The maximum Gasteiger partial charge on any atom is 0.205 e. The lowest BCUT2D eigenvalue weighted by Gasteiger charge is -2.18. The van der Waals surface area contributed by atoms with Gasteiger partial charge in [0.2, 0.25) is 4.80 Å². The molecule has 0 aliphatic heterocycles. The topological polar surface area (TPSA) is 29.6 Å². The van der Waals surface area contributed by atoms with Gasteiger partial charge in [-0.1, -0.05) is 51.1 Å². The van der Waals surface area contributed by atoms with Crippen LogP contribution in [0.3, 0.4) is 0 Å². The lowest BCUT2D eigenvalue weighted by molar-refractivity contribution is 0.590.